The summed E-state index contributed by atoms with van der Waals surface area (Å²) in [6, 6.07) is 9.78. The average molecular weight is 431 g/mol. The van der Waals surface area contributed by atoms with Gasteiger partial charge in [0.1, 0.15) is 5.75 Å². The molecule has 0 atom stereocenters. The van der Waals surface area contributed by atoms with E-state index < -0.39 is 0 Å². The first-order valence-corrected chi connectivity index (χ1v) is 10.8. The molecule has 0 radical (unpaired) electrons. The van der Waals surface area contributed by atoms with Gasteiger partial charge in [0.05, 0.1) is 19.0 Å². The molecule has 2 N–H and O–H groups in total. The number of pyridine rings is 1. The fourth-order valence-electron chi connectivity index (χ4n) is 4.37. The highest BCUT2D eigenvalue weighted by Gasteiger charge is 2.26. The second-order valence-electron chi connectivity index (χ2n) is 8.16. The summed E-state index contributed by atoms with van der Waals surface area (Å²) in [5.74, 6) is 1.84. The lowest BCUT2D eigenvalue weighted by atomic mass is 9.89. The Hall–Kier alpha value is -3.81. The Morgan fingerprint density at radius 2 is 2.09 bits per heavy atom. The lowest BCUT2D eigenvalue weighted by Crippen LogP contribution is -2.40. The van der Waals surface area contributed by atoms with E-state index in [2.05, 4.69) is 32.6 Å². The summed E-state index contributed by atoms with van der Waals surface area (Å²) in [5, 5.41) is 8.70. The number of hydrogen-bond acceptors (Lipinski definition) is 4. The molecule has 8 nitrogen and oxygen atoms in total. The molecule has 32 heavy (non-hydrogen) atoms. The van der Waals surface area contributed by atoms with Crippen molar-refractivity contribution in [2.45, 2.75) is 25.7 Å². The Morgan fingerprint density at radius 1 is 1.25 bits per heavy atom. The second kappa shape index (κ2) is 8.37. The van der Waals surface area contributed by atoms with Crippen molar-refractivity contribution in [3.63, 3.8) is 0 Å². The lowest BCUT2D eigenvalue weighted by Gasteiger charge is -2.31. The maximum atomic E-state index is 12.9. The highest BCUT2D eigenvalue weighted by Crippen LogP contribution is 2.34. The first-order valence-electron chi connectivity index (χ1n) is 10.8. The monoisotopic (exact) mass is 430 g/mol. The number of nitrogens with one attached hydrogen (secondary N) is 2. The number of aryl methyl sites for hydroxylation is 1. The van der Waals surface area contributed by atoms with Gasteiger partial charge in [-0.05, 0) is 61.6 Å². The van der Waals surface area contributed by atoms with Crippen LogP contribution < -0.4 is 10.1 Å². The summed E-state index contributed by atoms with van der Waals surface area (Å²) >= 11 is 0. The van der Waals surface area contributed by atoms with Crippen molar-refractivity contribution in [1.82, 2.24) is 24.6 Å². The molecular formula is C24H26N6O2. The van der Waals surface area contributed by atoms with Crippen molar-refractivity contribution >= 4 is 22.8 Å². The predicted molar refractivity (Wildman–Crippen MR) is 124 cm³/mol. The van der Waals surface area contributed by atoms with E-state index >= 15 is 0 Å². The van der Waals surface area contributed by atoms with E-state index in [-0.39, 0.29) is 6.03 Å². The molecule has 8 heteroatoms. The van der Waals surface area contributed by atoms with Crippen LogP contribution in [0.3, 0.4) is 0 Å². The van der Waals surface area contributed by atoms with E-state index in [0.29, 0.717) is 24.8 Å². The number of H-pyrrole nitrogens is 1. The minimum absolute atomic E-state index is 0.108. The van der Waals surface area contributed by atoms with Crippen molar-refractivity contribution in [2.24, 2.45) is 0 Å². The predicted octanol–water partition coefficient (Wildman–Crippen LogP) is 4.48. The molecule has 1 saturated heterocycles. The minimum atomic E-state index is -0.108. The summed E-state index contributed by atoms with van der Waals surface area (Å²) in [6.07, 6.45) is 9.28. The summed E-state index contributed by atoms with van der Waals surface area (Å²) in [5.41, 5.74) is 4.17. The fraction of sp³-hybridized carbons (Fsp3) is 0.292. The van der Waals surface area contributed by atoms with E-state index in [0.717, 1.165) is 35.4 Å². The number of nitrogens with zero attached hydrogens (tertiary/aromatic N) is 4. The number of aromatic amines is 1. The van der Waals surface area contributed by atoms with E-state index in [1.165, 1.54) is 10.9 Å². The number of rotatable bonds is 4. The Labute approximate surface area is 186 Å². The zero-order valence-electron chi connectivity index (χ0n) is 18.2. The van der Waals surface area contributed by atoms with Gasteiger partial charge in [-0.15, -0.1) is 5.10 Å². The molecule has 0 aliphatic carbocycles. The number of carbonyl (C=O) groups excluding carboxylic acids is 1. The maximum Gasteiger partial charge on any atom is 0.323 e. The van der Waals surface area contributed by atoms with Gasteiger partial charge in [-0.25, -0.2) is 9.48 Å². The fourth-order valence-corrected chi connectivity index (χ4v) is 4.37. The van der Waals surface area contributed by atoms with Crippen LogP contribution in [-0.4, -0.2) is 50.9 Å². The SMILES string of the molecule is COc1ccc2[nH]cc(C3CCN(C(=O)Nc4nn(-c5cccnc5)cc4C)CC3)c2c1. The van der Waals surface area contributed by atoms with Crippen LogP contribution in [0.5, 0.6) is 5.75 Å². The molecule has 0 bridgehead atoms. The van der Waals surface area contributed by atoms with Crippen molar-refractivity contribution in [3.8, 4) is 11.4 Å². The van der Waals surface area contributed by atoms with Crippen molar-refractivity contribution in [2.75, 3.05) is 25.5 Å². The van der Waals surface area contributed by atoms with E-state index in [4.69, 9.17) is 4.74 Å². The van der Waals surface area contributed by atoms with Crippen molar-refractivity contribution < 1.29 is 9.53 Å². The van der Waals surface area contributed by atoms with Crippen molar-refractivity contribution in [3.05, 3.63) is 66.2 Å². The zero-order valence-corrected chi connectivity index (χ0v) is 18.2. The van der Waals surface area contributed by atoms with Gasteiger partial charge in [0.15, 0.2) is 5.82 Å². The number of likely N-dealkylation sites (tertiary alicyclic amines) is 1. The van der Waals surface area contributed by atoms with Crippen LogP contribution in [0.1, 0.15) is 29.9 Å². The van der Waals surface area contributed by atoms with Gasteiger partial charge in [-0.1, -0.05) is 0 Å². The number of urea groups is 1. The Kier molecular flexibility index (Phi) is 5.26. The number of fused-ring (bicyclic) bond motifs is 1. The number of amides is 2. The molecule has 1 aromatic carbocycles. The summed E-state index contributed by atoms with van der Waals surface area (Å²) < 4.78 is 7.12. The van der Waals surface area contributed by atoms with Gasteiger partial charge in [-0.3, -0.25) is 10.3 Å². The summed E-state index contributed by atoms with van der Waals surface area (Å²) in [7, 11) is 1.69. The molecule has 4 heterocycles. The third-order valence-electron chi connectivity index (χ3n) is 6.18. The number of hydrogen-bond donors (Lipinski definition) is 2. The molecule has 1 aliphatic heterocycles. The van der Waals surface area contributed by atoms with Gasteiger partial charge in [0.2, 0.25) is 0 Å². The molecule has 3 aromatic heterocycles. The molecule has 0 saturated carbocycles. The van der Waals surface area contributed by atoms with Crippen LogP contribution in [0.2, 0.25) is 0 Å². The first-order chi connectivity index (χ1) is 15.6. The van der Waals surface area contributed by atoms with Crippen LogP contribution in [0.4, 0.5) is 10.6 Å². The van der Waals surface area contributed by atoms with Gasteiger partial charge in [0, 0.05) is 48.1 Å². The number of piperidine rings is 1. The molecule has 4 aromatic rings. The van der Waals surface area contributed by atoms with Gasteiger partial charge < -0.3 is 14.6 Å². The smallest absolute Gasteiger partial charge is 0.323 e. The van der Waals surface area contributed by atoms with E-state index in [9.17, 15) is 4.79 Å². The molecule has 0 unspecified atom stereocenters. The Morgan fingerprint density at radius 3 is 2.84 bits per heavy atom. The van der Waals surface area contributed by atoms with Crippen LogP contribution in [0, 0.1) is 6.92 Å². The number of benzene rings is 1. The molecule has 1 aliphatic rings. The third-order valence-corrected chi connectivity index (χ3v) is 6.18. The molecule has 0 spiro atoms. The van der Waals surface area contributed by atoms with Gasteiger partial charge in [-0.2, -0.15) is 0 Å². The topological polar surface area (TPSA) is 88.1 Å². The number of aromatic nitrogens is 4. The molecule has 5 rings (SSSR count). The largest absolute Gasteiger partial charge is 0.497 e. The molecular weight excluding hydrogens is 404 g/mol. The van der Waals surface area contributed by atoms with Crippen LogP contribution in [0.15, 0.2) is 55.1 Å². The summed E-state index contributed by atoms with van der Waals surface area (Å²) in [4.78, 5) is 22.2. The van der Waals surface area contributed by atoms with E-state index in [1.54, 1.807) is 24.2 Å². The average Bonchev–Trinajstić information content (AvgIpc) is 3.42. The molecule has 2 amide bonds. The maximum absolute atomic E-state index is 12.9. The van der Waals surface area contributed by atoms with Gasteiger partial charge >= 0.3 is 6.03 Å². The number of carbonyl (C=O) groups is 1. The Balaban J connectivity index is 1.24. The Bertz CT molecular complexity index is 1240. The zero-order chi connectivity index (χ0) is 22.1. The van der Waals surface area contributed by atoms with Crippen LogP contribution in [0.25, 0.3) is 16.6 Å². The standard InChI is InChI=1S/C24H26N6O2/c1-16-15-30(18-4-3-9-25-13-18)28-23(16)27-24(31)29-10-7-17(8-11-29)21-14-26-22-6-5-19(32-2)12-20(21)22/h3-6,9,12-15,17,26H,7-8,10-11H2,1-2H3,(H,27,28,31). The number of methoxy groups -OCH3 is 1. The van der Waals surface area contributed by atoms with Crippen LogP contribution in [-0.2, 0) is 0 Å². The van der Waals surface area contributed by atoms with Crippen LogP contribution >= 0.6 is 0 Å². The lowest BCUT2D eigenvalue weighted by molar-refractivity contribution is 0.194. The normalized spacial score (nSPS) is 14.6. The van der Waals surface area contributed by atoms with Gasteiger partial charge in [0.25, 0.3) is 0 Å². The summed E-state index contributed by atoms with van der Waals surface area (Å²) in [6.45, 7) is 3.35. The third kappa shape index (κ3) is 3.79. The number of ether oxygens (including phenoxy) is 1. The van der Waals surface area contributed by atoms with Crippen molar-refractivity contribution in [1.29, 1.82) is 0 Å². The second-order valence-corrected chi connectivity index (χ2v) is 8.16. The quantitative estimate of drug-likeness (QED) is 0.500. The minimum Gasteiger partial charge on any atom is -0.497 e. The van der Waals surface area contributed by atoms with E-state index in [1.807, 2.05) is 42.3 Å². The number of anilines is 1. The molecule has 164 valence electrons. The first kappa shape index (κ1) is 20.1. The highest BCUT2D eigenvalue weighted by molar-refractivity contribution is 5.89. The molecule has 1 fully saturated rings. The highest BCUT2D eigenvalue weighted by atomic mass is 16.5.